The van der Waals surface area contributed by atoms with Crippen LogP contribution in [0.4, 0.5) is 0 Å². The maximum atomic E-state index is 5.37. The summed E-state index contributed by atoms with van der Waals surface area (Å²) in [5.74, 6) is 0.822. The van der Waals surface area contributed by atoms with Gasteiger partial charge in [-0.2, -0.15) is 0 Å². The second-order valence-corrected chi connectivity index (χ2v) is 5.41. The van der Waals surface area contributed by atoms with E-state index in [1.54, 1.807) is 14.2 Å². The van der Waals surface area contributed by atoms with Crippen molar-refractivity contribution >= 4 is 29.9 Å². The van der Waals surface area contributed by atoms with Gasteiger partial charge in [0.2, 0.25) is 0 Å². The fraction of sp³-hybridized carbons (Fsp3) is 0.562. The van der Waals surface area contributed by atoms with Crippen LogP contribution in [0.2, 0.25) is 0 Å². The lowest BCUT2D eigenvalue weighted by Crippen LogP contribution is -2.45. The molecule has 0 aromatic heterocycles. The molecular formula is C16H28IN3O. The molecule has 0 fully saturated rings. The minimum atomic E-state index is -0.193. The van der Waals surface area contributed by atoms with Crippen LogP contribution in [0.25, 0.3) is 0 Å². The van der Waals surface area contributed by atoms with Crippen LogP contribution in [0.15, 0.2) is 35.3 Å². The molecule has 1 aromatic rings. The molecule has 0 atom stereocenters. The van der Waals surface area contributed by atoms with Crippen LogP contribution in [0.1, 0.15) is 25.8 Å². The first-order valence-electron chi connectivity index (χ1n) is 7.11. The predicted molar refractivity (Wildman–Crippen MR) is 101 cm³/mol. The number of methoxy groups -OCH3 is 1. The smallest absolute Gasteiger partial charge is 0.191 e. The molecule has 2 N–H and O–H groups in total. The Morgan fingerprint density at radius 2 is 1.86 bits per heavy atom. The van der Waals surface area contributed by atoms with Crippen LogP contribution in [0.3, 0.4) is 0 Å². The lowest BCUT2D eigenvalue weighted by molar-refractivity contribution is 0.0268. The molecule has 120 valence electrons. The zero-order valence-corrected chi connectivity index (χ0v) is 15.8. The Hall–Kier alpha value is -0.820. The maximum Gasteiger partial charge on any atom is 0.191 e. The van der Waals surface area contributed by atoms with Crippen LogP contribution < -0.4 is 10.6 Å². The Labute approximate surface area is 145 Å². The molecule has 0 saturated heterocycles. The van der Waals surface area contributed by atoms with E-state index in [9.17, 15) is 0 Å². The van der Waals surface area contributed by atoms with Gasteiger partial charge >= 0.3 is 0 Å². The summed E-state index contributed by atoms with van der Waals surface area (Å²) in [5, 5.41) is 6.59. The van der Waals surface area contributed by atoms with Crippen molar-refractivity contribution in [1.82, 2.24) is 10.6 Å². The van der Waals surface area contributed by atoms with E-state index in [1.807, 2.05) is 19.9 Å². The summed E-state index contributed by atoms with van der Waals surface area (Å²) < 4.78 is 5.37. The number of benzene rings is 1. The molecule has 0 spiro atoms. The van der Waals surface area contributed by atoms with Crippen LogP contribution in [-0.4, -0.2) is 38.8 Å². The summed E-state index contributed by atoms with van der Waals surface area (Å²) in [7, 11) is 3.50. The van der Waals surface area contributed by atoms with Gasteiger partial charge in [0.05, 0.1) is 5.60 Å². The average molecular weight is 405 g/mol. The maximum absolute atomic E-state index is 5.37. The second kappa shape index (κ2) is 10.8. The summed E-state index contributed by atoms with van der Waals surface area (Å²) in [6.45, 7) is 5.72. The number of ether oxygens (including phenoxy) is 1. The molecule has 21 heavy (non-hydrogen) atoms. The number of rotatable bonds is 7. The van der Waals surface area contributed by atoms with Gasteiger partial charge in [-0.3, -0.25) is 4.99 Å². The number of nitrogens with zero attached hydrogens (tertiary/aromatic N) is 1. The quantitative estimate of drug-likeness (QED) is 0.318. The monoisotopic (exact) mass is 405 g/mol. The summed E-state index contributed by atoms with van der Waals surface area (Å²) in [5.41, 5.74) is 1.18. The van der Waals surface area contributed by atoms with Crippen LogP contribution in [-0.2, 0) is 11.2 Å². The van der Waals surface area contributed by atoms with Crippen molar-refractivity contribution in [3.05, 3.63) is 35.9 Å². The molecule has 0 unspecified atom stereocenters. The Bertz CT molecular complexity index is 407. The number of hydrogen-bond donors (Lipinski definition) is 2. The molecule has 0 radical (unpaired) electrons. The third-order valence-electron chi connectivity index (χ3n) is 3.24. The first kappa shape index (κ1) is 20.2. The van der Waals surface area contributed by atoms with E-state index in [0.29, 0.717) is 0 Å². The van der Waals surface area contributed by atoms with Crippen molar-refractivity contribution in [2.24, 2.45) is 4.99 Å². The molecule has 1 rings (SSSR count). The summed E-state index contributed by atoms with van der Waals surface area (Å²) >= 11 is 0. The van der Waals surface area contributed by atoms with Crippen molar-refractivity contribution in [3.8, 4) is 0 Å². The minimum absolute atomic E-state index is 0. The first-order valence-corrected chi connectivity index (χ1v) is 7.11. The molecule has 0 bridgehead atoms. The largest absolute Gasteiger partial charge is 0.377 e. The SMILES string of the molecule is CN=C(NCCCc1ccccc1)NCC(C)(C)OC.I. The molecule has 0 saturated carbocycles. The van der Waals surface area contributed by atoms with Crippen LogP contribution in [0.5, 0.6) is 0 Å². The van der Waals surface area contributed by atoms with Gasteiger partial charge in [-0.15, -0.1) is 24.0 Å². The standard InChI is InChI=1S/C16H27N3O.HI/c1-16(2,20-4)13-19-15(17-3)18-12-8-11-14-9-6-5-7-10-14;/h5-7,9-10H,8,11-13H2,1-4H3,(H2,17,18,19);1H. The van der Waals surface area contributed by atoms with Crippen molar-refractivity contribution < 1.29 is 4.74 Å². The molecule has 5 heteroatoms. The molecule has 0 amide bonds. The van der Waals surface area contributed by atoms with Gasteiger partial charge in [0.1, 0.15) is 0 Å². The number of aryl methyl sites for hydroxylation is 1. The van der Waals surface area contributed by atoms with Gasteiger partial charge in [0.25, 0.3) is 0 Å². The van der Waals surface area contributed by atoms with E-state index in [0.717, 1.165) is 31.9 Å². The van der Waals surface area contributed by atoms with Gasteiger partial charge < -0.3 is 15.4 Å². The fourth-order valence-electron chi connectivity index (χ4n) is 1.73. The third-order valence-corrected chi connectivity index (χ3v) is 3.24. The molecule has 0 aliphatic carbocycles. The van der Waals surface area contributed by atoms with Crippen molar-refractivity contribution in [2.45, 2.75) is 32.3 Å². The lowest BCUT2D eigenvalue weighted by Gasteiger charge is -2.24. The molecule has 0 aliphatic rings. The van der Waals surface area contributed by atoms with Gasteiger partial charge in [-0.1, -0.05) is 30.3 Å². The Morgan fingerprint density at radius 1 is 1.19 bits per heavy atom. The number of hydrogen-bond acceptors (Lipinski definition) is 2. The lowest BCUT2D eigenvalue weighted by atomic mass is 10.1. The van der Waals surface area contributed by atoms with Crippen LogP contribution >= 0.6 is 24.0 Å². The molecule has 0 heterocycles. The second-order valence-electron chi connectivity index (χ2n) is 5.41. The van der Waals surface area contributed by atoms with Gasteiger partial charge in [0, 0.05) is 27.2 Å². The zero-order valence-electron chi connectivity index (χ0n) is 13.5. The molecule has 0 aliphatic heterocycles. The Kier molecular flexibility index (Phi) is 10.4. The highest BCUT2D eigenvalue weighted by molar-refractivity contribution is 14.0. The third kappa shape index (κ3) is 8.93. The first-order chi connectivity index (χ1) is 9.57. The number of halogens is 1. The average Bonchev–Trinajstić information content (AvgIpc) is 2.47. The highest BCUT2D eigenvalue weighted by Gasteiger charge is 2.16. The normalized spacial score (nSPS) is 11.7. The summed E-state index contributed by atoms with van der Waals surface area (Å²) in [4.78, 5) is 4.21. The Morgan fingerprint density at radius 3 is 2.43 bits per heavy atom. The van der Waals surface area contributed by atoms with E-state index in [-0.39, 0.29) is 29.6 Å². The van der Waals surface area contributed by atoms with Gasteiger partial charge in [-0.25, -0.2) is 0 Å². The highest BCUT2D eigenvalue weighted by atomic mass is 127. The van der Waals surface area contributed by atoms with Crippen molar-refractivity contribution in [2.75, 3.05) is 27.2 Å². The van der Waals surface area contributed by atoms with E-state index < -0.39 is 0 Å². The van der Waals surface area contributed by atoms with E-state index in [2.05, 4.69) is 39.9 Å². The summed E-state index contributed by atoms with van der Waals surface area (Å²) in [6, 6.07) is 10.5. The van der Waals surface area contributed by atoms with E-state index in [4.69, 9.17) is 4.74 Å². The van der Waals surface area contributed by atoms with E-state index in [1.165, 1.54) is 5.56 Å². The molecular weight excluding hydrogens is 377 g/mol. The van der Waals surface area contributed by atoms with Gasteiger partial charge in [0.15, 0.2) is 5.96 Å². The van der Waals surface area contributed by atoms with Crippen molar-refractivity contribution in [1.29, 1.82) is 0 Å². The highest BCUT2D eigenvalue weighted by Crippen LogP contribution is 2.04. The topological polar surface area (TPSA) is 45.7 Å². The fourth-order valence-corrected chi connectivity index (χ4v) is 1.73. The Balaban J connectivity index is 0.00000400. The predicted octanol–water partition coefficient (Wildman–Crippen LogP) is 2.83. The molecule has 1 aromatic carbocycles. The molecule has 4 nitrogen and oxygen atoms in total. The number of nitrogens with one attached hydrogen (secondary N) is 2. The number of aliphatic imine (C=N–C) groups is 1. The van der Waals surface area contributed by atoms with Crippen molar-refractivity contribution in [3.63, 3.8) is 0 Å². The van der Waals surface area contributed by atoms with Crippen LogP contribution in [0, 0.1) is 0 Å². The summed E-state index contributed by atoms with van der Waals surface area (Å²) in [6.07, 6.45) is 2.16. The number of guanidine groups is 1. The van der Waals surface area contributed by atoms with E-state index >= 15 is 0 Å². The minimum Gasteiger partial charge on any atom is -0.377 e. The zero-order chi connectivity index (χ0) is 14.8. The van der Waals surface area contributed by atoms with Gasteiger partial charge in [-0.05, 0) is 32.3 Å².